The summed E-state index contributed by atoms with van der Waals surface area (Å²) in [5.74, 6) is 1.92. The molecule has 0 saturated heterocycles. The number of nitrogens with one attached hydrogen (secondary N) is 1. The summed E-state index contributed by atoms with van der Waals surface area (Å²) in [7, 11) is 0. The zero-order chi connectivity index (χ0) is 19.3. The second-order valence-electron chi connectivity index (χ2n) is 6.97. The maximum Gasteiger partial charge on any atom is 0.141 e. The first kappa shape index (κ1) is 18.4. The number of nitrogens with zero attached hydrogens (tertiary/aromatic N) is 4. The molecule has 5 heteroatoms. The number of fused-ring (bicyclic) bond motifs is 1. The predicted octanol–water partition coefficient (Wildman–Crippen LogP) is 4.83. The Morgan fingerprint density at radius 1 is 0.964 bits per heavy atom. The molecule has 2 aromatic carbocycles. The van der Waals surface area contributed by atoms with Crippen LogP contribution in [-0.4, -0.2) is 44.1 Å². The third-order valence-corrected chi connectivity index (χ3v) is 5.32. The van der Waals surface area contributed by atoms with Gasteiger partial charge in [-0.25, -0.2) is 9.97 Å². The van der Waals surface area contributed by atoms with E-state index in [9.17, 15) is 0 Å². The Morgan fingerprint density at radius 2 is 1.71 bits per heavy atom. The highest BCUT2D eigenvalue weighted by atomic mass is 15.1. The molecule has 144 valence electrons. The van der Waals surface area contributed by atoms with Crippen molar-refractivity contribution in [1.82, 2.24) is 24.4 Å². The molecule has 0 amide bonds. The van der Waals surface area contributed by atoms with E-state index < -0.39 is 0 Å². The van der Waals surface area contributed by atoms with Crippen molar-refractivity contribution in [2.75, 3.05) is 19.6 Å². The molecule has 0 bridgehead atoms. The lowest BCUT2D eigenvalue weighted by molar-refractivity contribution is 0.294. The number of rotatable bonds is 8. The van der Waals surface area contributed by atoms with Crippen LogP contribution in [-0.2, 0) is 6.54 Å². The zero-order valence-corrected chi connectivity index (χ0v) is 16.6. The largest absolute Gasteiger partial charge is 0.345 e. The van der Waals surface area contributed by atoms with Crippen LogP contribution >= 0.6 is 0 Å². The van der Waals surface area contributed by atoms with Crippen LogP contribution in [0.5, 0.6) is 0 Å². The summed E-state index contributed by atoms with van der Waals surface area (Å²) in [6, 6.07) is 16.9. The molecule has 2 aromatic heterocycles. The number of hydrogen-bond donors (Lipinski definition) is 1. The Labute approximate surface area is 166 Å². The number of aromatic amines is 1. The van der Waals surface area contributed by atoms with Crippen LogP contribution in [0, 0.1) is 0 Å². The molecular weight excluding hydrogens is 346 g/mol. The smallest absolute Gasteiger partial charge is 0.141 e. The topological polar surface area (TPSA) is 49.7 Å². The van der Waals surface area contributed by atoms with Crippen molar-refractivity contribution in [2.45, 2.75) is 26.8 Å². The highest BCUT2D eigenvalue weighted by Gasteiger charge is 2.13. The minimum Gasteiger partial charge on any atom is -0.345 e. The minimum absolute atomic E-state index is 0.888. The lowest BCUT2D eigenvalue weighted by Crippen LogP contribution is -2.24. The quantitative estimate of drug-likeness (QED) is 0.481. The fourth-order valence-electron chi connectivity index (χ4n) is 3.71. The number of hydrogen-bond acceptors (Lipinski definition) is 3. The molecule has 0 aliphatic heterocycles. The Bertz CT molecular complexity index is 1010. The molecule has 0 spiro atoms. The molecule has 5 nitrogen and oxygen atoms in total. The van der Waals surface area contributed by atoms with E-state index in [0.29, 0.717) is 0 Å². The summed E-state index contributed by atoms with van der Waals surface area (Å²) >= 11 is 0. The molecule has 2 heterocycles. The third-order valence-electron chi connectivity index (χ3n) is 5.32. The van der Waals surface area contributed by atoms with Gasteiger partial charge in [-0.1, -0.05) is 50.2 Å². The van der Waals surface area contributed by atoms with Crippen molar-refractivity contribution in [3.8, 4) is 22.8 Å². The van der Waals surface area contributed by atoms with Crippen LogP contribution in [0.4, 0.5) is 0 Å². The summed E-state index contributed by atoms with van der Waals surface area (Å²) in [6.45, 7) is 8.72. The van der Waals surface area contributed by atoms with Crippen molar-refractivity contribution >= 4 is 11.0 Å². The molecule has 0 radical (unpaired) electrons. The summed E-state index contributed by atoms with van der Waals surface area (Å²) in [5, 5.41) is 0. The SMILES string of the molecule is CCN(CC)CCCn1c(-c2ccc(-c3ncc[nH]3)cc2)nc2ccccc21. The van der Waals surface area contributed by atoms with E-state index in [0.717, 1.165) is 60.9 Å². The molecule has 4 aromatic rings. The van der Waals surface area contributed by atoms with Crippen LogP contribution in [0.1, 0.15) is 20.3 Å². The van der Waals surface area contributed by atoms with Gasteiger partial charge in [-0.3, -0.25) is 0 Å². The molecular formula is C23H27N5. The van der Waals surface area contributed by atoms with Crippen LogP contribution in [0.15, 0.2) is 60.9 Å². The van der Waals surface area contributed by atoms with Gasteiger partial charge in [-0.2, -0.15) is 0 Å². The Hall–Kier alpha value is -2.92. The first-order chi connectivity index (χ1) is 13.8. The van der Waals surface area contributed by atoms with Crippen LogP contribution < -0.4 is 0 Å². The predicted molar refractivity (Wildman–Crippen MR) is 115 cm³/mol. The molecule has 0 fully saturated rings. The van der Waals surface area contributed by atoms with Gasteiger partial charge in [0.05, 0.1) is 11.0 Å². The maximum atomic E-state index is 4.94. The van der Waals surface area contributed by atoms with E-state index >= 15 is 0 Å². The average molecular weight is 374 g/mol. The highest BCUT2D eigenvalue weighted by molar-refractivity contribution is 5.81. The summed E-state index contributed by atoms with van der Waals surface area (Å²) < 4.78 is 2.36. The molecule has 0 aliphatic rings. The van der Waals surface area contributed by atoms with E-state index in [-0.39, 0.29) is 0 Å². The van der Waals surface area contributed by atoms with E-state index in [1.807, 2.05) is 6.20 Å². The van der Waals surface area contributed by atoms with Gasteiger partial charge in [-0.15, -0.1) is 0 Å². The molecule has 1 N–H and O–H groups in total. The minimum atomic E-state index is 0.888. The number of H-pyrrole nitrogens is 1. The normalized spacial score (nSPS) is 11.5. The molecule has 0 atom stereocenters. The lowest BCUT2D eigenvalue weighted by Gasteiger charge is -2.18. The second kappa shape index (κ2) is 8.40. The number of benzene rings is 2. The van der Waals surface area contributed by atoms with E-state index in [4.69, 9.17) is 4.98 Å². The highest BCUT2D eigenvalue weighted by Crippen LogP contribution is 2.27. The number of imidazole rings is 2. The molecule has 4 rings (SSSR count). The molecule has 0 aliphatic carbocycles. The van der Waals surface area contributed by atoms with Gasteiger partial charge in [-0.05, 0) is 38.2 Å². The molecule has 0 saturated carbocycles. The number of aromatic nitrogens is 4. The van der Waals surface area contributed by atoms with Gasteiger partial charge in [0.2, 0.25) is 0 Å². The van der Waals surface area contributed by atoms with Crippen molar-refractivity contribution in [3.63, 3.8) is 0 Å². The Balaban J connectivity index is 1.64. The van der Waals surface area contributed by atoms with Gasteiger partial charge >= 0.3 is 0 Å². The first-order valence-corrected chi connectivity index (χ1v) is 10.1. The van der Waals surface area contributed by atoms with Gasteiger partial charge in [0.15, 0.2) is 0 Å². The van der Waals surface area contributed by atoms with Crippen molar-refractivity contribution in [3.05, 3.63) is 60.9 Å². The fourth-order valence-corrected chi connectivity index (χ4v) is 3.71. The van der Waals surface area contributed by atoms with Crippen LogP contribution in [0.3, 0.4) is 0 Å². The van der Waals surface area contributed by atoms with E-state index in [1.165, 1.54) is 5.52 Å². The van der Waals surface area contributed by atoms with Crippen LogP contribution in [0.2, 0.25) is 0 Å². The average Bonchev–Trinajstić information content (AvgIpc) is 3.40. The number of para-hydroxylation sites is 2. The first-order valence-electron chi connectivity index (χ1n) is 10.1. The molecule has 0 unspecified atom stereocenters. The van der Waals surface area contributed by atoms with Crippen LogP contribution in [0.25, 0.3) is 33.8 Å². The monoisotopic (exact) mass is 373 g/mol. The lowest BCUT2D eigenvalue weighted by atomic mass is 10.1. The summed E-state index contributed by atoms with van der Waals surface area (Å²) in [5.41, 5.74) is 4.47. The van der Waals surface area contributed by atoms with E-state index in [2.05, 4.69) is 81.8 Å². The maximum absolute atomic E-state index is 4.94. The van der Waals surface area contributed by atoms with Gasteiger partial charge in [0.1, 0.15) is 11.6 Å². The fraction of sp³-hybridized carbons (Fsp3) is 0.304. The second-order valence-corrected chi connectivity index (χ2v) is 6.97. The molecule has 28 heavy (non-hydrogen) atoms. The van der Waals surface area contributed by atoms with Gasteiger partial charge < -0.3 is 14.5 Å². The zero-order valence-electron chi connectivity index (χ0n) is 16.6. The van der Waals surface area contributed by atoms with Gasteiger partial charge in [0.25, 0.3) is 0 Å². The Kier molecular flexibility index (Phi) is 5.53. The Morgan fingerprint density at radius 3 is 2.43 bits per heavy atom. The van der Waals surface area contributed by atoms with Crippen molar-refractivity contribution in [1.29, 1.82) is 0 Å². The summed E-state index contributed by atoms with van der Waals surface area (Å²) in [6.07, 6.45) is 4.73. The van der Waals surface area contributed by atoms with Crippen molar-refractivity contribution < 1.29 is 0 Å². The summed E-state index contributed by atoms with van der Waals surface area (Å²) in [4.78, 5) is 14.9. The number of aryl methyl sites for hydroxylation is 1. The standard InChI is InChI=1S/C23H27N5/c1-3-27(4-2)16-7-17-28-21-9-6-5-8-20(21)26-23(28)19-12-10-18(11-13-19)22-24-14-15-25-22/h5-6,8-15H,3-4,7,16-17H2,1-2H3,(H,24,25). The van der Waals surface area contributed by atoms with Crippen molar-refractivity contribution in [2.24, 2.45) is 0 Å². The van der Waals surface area contributed by atoms with E-state index in [1.54, 1.807) is 6.20 Å². The van der Waals surface area contributed by atoms with Gasteiger partial charge in [0, 0.05) is 30.1 Å². The third kappa shape index (κ3) is 3.71.